The zero-order valence-corrected chi connectivity index (χ0v) is 21.1. The number of aromatic hydroxyl groups is 1. The topological polar surface area (TPSA) is 72.8 Å². The molecule has 0 radical (unpaired) electrons. The van der Waals surface area contributed by atoms with Gasteiger partial charge in [0, 0.05) is 0 Å². The Morgan fingerprint density at radius 2 is 2.03 bits per heavy atom. The summed E-state index contributed by atoms with van der Waals surface area (Å²) in [5, 5.41) is 9.71. The van der Waals surface area contributed by atoms with E-state index < -0.39 is 15.1 Å². The van der Waals surface area contributed by atoms with E-state index in [9.17, 15) is 13.5 Å². The van der Waals surface area contributed by atoms with Crippen molar-refractivity contribution in [2.45, 2.75) is 37.5 Å². The van der Waals surface area contributed by atoms with Gasteiger partial charge in [-0.3, -0.25) is 0 Å². The van der Waals surface area contributed by atoms with E-state index in [-0.39, 0.29) is 24.2 Å². The van der Waals surface area contributed by atoms with Crippen molar-refractivity contribution >= 4 is 44.1 Å². The monoisotopic (exact) mass is 566 g/mol. The van der Waals surface area contributed by atoms with Crippen LogP contribution in [0.3, 0.4) is 0 Å². The number of hydrogen-bond donors (Lipinski definition) is 1. The van der Waals surface area contributed by atoms with E-state index in [0.717, 1.165) is 50.7 Å². The smallest absolute Gasteiger partial charge is 0.171 e. The Hall–Kier alpha value is -1.84. The molecule has 2 atom stereocenters. The Kier molecular flexibility index (Phi) is 6.97. The van der Waals surface area contributed by atoms with Crippen LogP contribution in [-0.4, -0.2) is 44.3 Å². The van der Waals surface area contributed by atoms with Crippen LogP contribution >= 0.6 is 22.6 Å². The molecule has 2 aromatic rings. The number of ether oxygens (including phenoxy) is 2. The van der Waals surface area contributed by atoms with Gasteiger partial charge in [0.2, 0.25) is 0 Å². The highest BCUT2D eigenvalue weighted by molar-refractivity contribution is 14.1. The molecule has 2 heterocycles. The zero-order chi connectivity index (χ0) is 22.9. The second-order valence-corrected chi connectivity index (χ2v) is 11.5. The predicted octanol–water partition coefficient (Wildman–Crippen LogP) is 5.23. The molecule has 0 aliphatic carbocycles. The first-order valence-electron chi connectivity index (χ1n) is 10.7. The van der Waals surface area contributed by atoms with Crippen LogP contribution in [0.5, 0.6) is 11.5 Å². The fourth-order valence-corrected chi connectivity index (χ4v) is 7.26. The van der Waals surface area contributed by atoms with Crippen LogP contribution in [0.1, 0.15) is 37.3 Å². The molecule has 1 N–H and O–H groups in total. The van der Waals surface area contributed by atoms with Crippen LogP contribution < -0.4 is 4.74 Å². The van der Waals surface area contributed by atoms with E-state index >= 15 is 0 Å². The molecule has 2 aromatic carbocycles. The second kappa shape index (κ2) is 9.57. The predicted molar refractivity (Wildman–Crippen MR) is 136 cm³/mol. The number of phenolic OH excluding ortho intramolecular Hbond substituents is 1. The van der Waals surface area contributed by atoms with E-state index in [4.69, 9.17) is 9.47 Å². The van der Waals surface area contributed by atoms with Crippen molar-refractivity contribution in [1.82, 2.24) is 0 Å². The molecular formula is C25H27IO5S. The number of fused-ring (bicyclic) bond motifs is 1. The summed E-state index contributed by atoms with van der Waals surface area (Å²) in [6.45, 7) is 2.29. The van der Waals surface area contributed by atoms with Crippen LogP contribution in [0.15, 0.2) is 53.6 Å². The van der Waals surface area contributed by atoms with Crippen molar-refractivity contribution in [1.29, 1.82) is 0 Å². The third-order valence-corrected chi connectivity index (χ3v) is 9.05. The van der Waals surface area contributed by atoms with Gasteiger partial charge in [-0.25, -0.2) is 8.42 Å². The van der Waals surface area contributed by atoms with Gasteiger partial charge in [0.25, 0.3) is 0 Å². The molecule has 170 valence electrons. The lowest BCUT2D eigenvalue weighted by Crippen LogP contribution is -2.19. The summed E-state index contributed by atoms with van der Waals surface area (Å²) in [5.74, 6) is 0.751. The highest BCUT2D eigenvalue weighted by atomic mass is 127. The largest absolute Gasteiger partial charge is 0.504 e. The van der Waals surface area contributed by atoms with Gasteiger partial charge in [-0.2, -0.15) is 0 Å². The number of benzene rings is 2. The Labute approximate surface area is 203 Å². The van der Waals surface area contributed by atoms with Crippen molar-refractivity contribution in [2.75, 3.05) is 19.5 Å². The normalized spacial score (nSPS) is 22.3. The zero-order valence-electron chi connectivity index (χ0n) is 18.2. The maximum absolute atomic E-state index is 12.5. The maximum Gasteiger partial charge on any atom is 0.171 e. The molecule has 0 unspecified atom stereocenters. The molecular weight excluding hydrogens is 539 g/mol. The average Bonchev–Trinajstić information content (AvgIpc) is 3.33. The van der Waals surface area contributed by atoms with Crippen LogP contribution in [0.25, 0.3) is 11.6 Å². The first-order chi connectivity index (χ1) is 15.3. The lowest BCUT2D eigenvalue weighted by atomic mass is 9.93. The van der Waals surface area contributed by atoms with Crippen molar-refractivity contribution in [3.8, 4) is 11.5 Å². The molecule has 0 saturated carbocycles. The number of sulfone groups is 1. The Morgan fingerprint density at radius 3 is 2.72 bits per heavy atom. The molecule has 0 amide bonds. The average molecular weight is 566 g/mol. The summed E-state index contributed by atoms with van der Waals surface area (Å²) in [6.07, 6.45) is 4.15. The quantitative estimate of drug-likeness (QED) is 0.283. The van der Waals surface area contributed by atoms with Crippen molar-refractivity contribution < 1.29 is 23.0 Å². The molecule has 5 nitrogen and oxygen atoms in total. The number of methoxy groups -OCH3 is 1. The molecule has 2 aliphatic heterocycles. The first kappa shape index (κ1) is 23.3. The summed E-state index contributed by atoms with van der Waals surface area (Å²) < 4.78 is 37.0. The van der Waals surface area contributed by atoms with E-state index in [0.29, 0.717) is 5.75 Å². The number of halogens is 1. The van der Waals surface area contributed by atoms with Gasteiger partial charge in [-0.1, -0.05) is 48.9 Å². The van der Waals surface area contributed by atoms with Crippen LogP contribution in [0, 0.1) is 3.57 Å². The number of phenols is 1. The highest BCUT2D eigenvalue weighted by Gasteiger charge is 2.46. The van der Waals surface area contributed by atoms with Gasteiger partial charge in [0.1, 0.15) is 5.25 Å². The molecule has 1 saturated heterocycles. The van der Waals surface area contributed by atoms with Gasteiger partial charge in [0.05, 0.1) is 29.1 Å². The second-order valence-electron chi connectivity index (χ2n) is 8.16. The summed E-state index contributed by atoms with van der Waals surface area (Å²) in [4.78, 5) is 0. The molecule has 7 heteroatoms. The summed E-state index contributed by atoms with van der Waals surface area (Å²) in [7, 11) is -1.58. The standard InChI is InChI=1S/C25H27IO5S/c1-3-17-15-32(28,29)23-14-31-21(24(17)23)10-9-19(18-7-5-4-6-8-18)11-16-12-20(26)25(27)22(13-16)30-2/h4-8,11-13,21,23,27H,3,9-10,14-15H2,1-2H3/b19-11-/t21-,23+/m1/s1. The Bertz CT molecular complexity index is 1170. The molecule has 0 aromatic heterocycles. The highest BCUT2D eigenvalue weighted by Crippen LogP contribution is 2.40. The van der Waals surface area contributed by atoms with Gasteiger partial charge >= 0.3 is 0 Å². The van der Waals surface area contributed by atoms with E-state index in [2.05, 4.69) is 40.8 Å². The third kappa shape index (κ3) is 4.61. The van der Waals surface area contributed by atoms with Gasteiger partial charge in [0.15, 0.2) is 21.3 Å². The lowest BCUT2D eigenvalue weighted by Gasteiger charge is -2.16. The van der Waals surface area contributed by atoms with Crippen LogP contribution in [-0.2, 0) is 14.6 Å². The SMILES string of the molecule is CCC1=C2[C@@H](CC/C(=C/c3cc(I)c(O)c(OC)c3)c3ccccc3)OC[C@@H]2S(=O)(=O)C1. The first-order valence-corrected chi connectivity index (χ1v) is 13.5. The lowest BCUT2D eigenvalue weighted by molar-refractivity contribution is 0.118. The maximum atomic E-state index is 12.5. The molecule has 4 rings (SSSR count). The van der Waals surface area contributed by atoms with Crippen LogP contribution in [0.2, 0.25) is 0 Å². The molecule has 32 heavy (non-hydrogen) atoms. The van der Waals surface area contributed by atoms with E-state index in [1.54, 1.807) is 7.11 Å². The fourth-order valence-electron chi connectivity index (χ4n) is 4.59. The molecule has 2 aliphatic rings. The Morgan fingerprint density at radius 1 is 1.28 bits per heavy atom. The van der Waals surface area contributed by atoms with Crippen molar-refractivity contribution in [3.05, 3.63) is 68.3 Å². The fraction of sp³-hybridized carbons (Fsp3) is 0.360. The molecule has 1 fully saturated rings. The number of hydrogen-bond acceptors (Lipinski definition) is 5. The summed E-state index contributed by atoms with van der Waals surface area (Å²) in [5.41, 5.74) is 5.19. The van der Waals surface area contributed by atoms with Gasteiger partial charge in [-0.05, 0) is 76.3 Å². The Balaban J connectivity index is 1.64. The van der Waals surface area contributed by atoms with Crippen molar-refractivity contribution in [3.63, 3.8) is 0 Å². The number of allylic oxidation sites excluding steroid dienone is 1. The van der Waals surface area contributed by atoms with Gasteiger partial charge in [-0.15, -0.1) is 0 Å². The minimum absolute atomic E-state index is 0.137. The van der Waals surface area contributed by atoms with E-state index in [1.807, 2.05) is 37.3 Å². The minimum Gasteiger partial charge on any atom is -0.504 e. The number of rotatable bonds is 7. The minimum atomic E-state index is -3.13. The molecule has 0 spiro atoms. The van der Waals surface area contributed by atoms with E-state index in [1.165, 1.54) is 0 Å². The third-order valence-electron chi connectivity index (χ3n) is 6.22. The molecule has 0 bridgehead atoms. The van der Waals surface area contributed by atoms with Gasteiger partial charge < -0.3 is 14.6 Å². The van der Waals surface area contributed by atoms with Crippen molar-refractivity contribution in [2.24, 2.45) is 0 Å². The van der Waals surface area contributed by atoms with Crippen LogP contribution in [0.4, 0.5) is 0 Å². The summed E-state index contributed by atoms with van der Waals surface area (Å²) in [6, 6.07) is 13.9. The summed E-state index contributed by atoms with van der Waals surface area (Å²) >= 11 is 2.10.